The molecule has 0 saturated carbocycles. The summed E-state index contributed by atoms with van der Waals surface area (Å²) in [4.78, 5) is 19.6. The van der Waals surface area contributed by atoms with Crippen LogP contribution in [0.3, 0.4) is 0 Å². The first-order valence-corrected chi connectivity index (χ1v) is 6.97. The number of nitrogens with zero attached hydrogens (tertiary/aromatic N) is 1. The quantitative estimate of drug-likeness (QED) is 0.801. The maximum Gasteiger partial charge on any atom is 0.259 e. The van der Waals surface area contributed by atoms with Gasteiger partial charge in [0.2, 0.25) is 0 Å². The zero-order valence-electron chi connectivity index (χ0n) is 13.0. The molecule has 6 nitrogen and oxygen atoms in total. The highest BCUT2D eigenvalue weighted by molar-refractivity contribution is 5.82. The van der Waals surface area contributed by atoms with Gasteiger partial charge in [-0.2, -0.15) is 0 Å². The summed E-state index contributed by atoms with van der Waals surface area (Å²) in [5.41, 5.74) is 0.954. The van der Waals surface area contributed by atoms with E-state index in [1.54, 1.807) is 37.4 Å². The van der Waals surface area contributed by atoms with Crippen molar-refractivity contribution in [2.24, 2.45) is 0 Å². The molecule has 6 heteroatoms. The molecule has 0 aliphatic carbocycles. The summed E-state index contributed by atoms with van der Waals surface area (Å²) >= 11 is 0. The average Bonchev–Trinajstić information content (AvgIpc) is 2.60. The highest BCUT2D eigenvalue weighted by atomic mass is 16.5. The minimum absolute atomic E-state index is 0.217. The molecule has 0 saturated heterocycles. The molecule has 1 aromatic heterocycles. The first-order valence-electron chi connectivity index (χ1n) is 6.97. The van der Waals surface area contributed by atoms with Crippen molar-refractivity contribution in [2.45, 2.75) is 0 Å². The summed E-state index contributed by atoms with van der Waals surface area (Å²) in [6.45, 7) is 0. The Morgan fingerprint density at radius 3 is 2.22 bits per heavy atom. The predicted molar refractivity (Wildman–Crippen MR) is 87.5 cm³/mol. The van der Waals surface area contributed by atoms with Crippen molar-refractivity contribution < 1.29 is 14.2 Å². The molecule has 1 N–H and O–H groups in total. The maximum absolute atomic E-state index is 12.3. The van der Waals surface area contributed by atoms with Gasteiger partial charge in [-0.15, -0.1) is 0 Å². The first kappa shape index (κ1) is 14.9. The zero-order valence-corrected chi connectivity index (χ0v) is 13.0. The van der Waals surface area contributed by atoms with Crippen LogP contribution in [-0.4, -0.2) is 31.3 Å². The summed E-state index contributed by atoms with van der Waals surface area (Å²) in [5, 5.41) is 0.530. The summed E-state index contributed by atoms with van der Waals surface area (Å²) in [5.74, 6) is 1.97. The number of H-pyrrole nitrogens is 1. The number of para-hydroxylation sites is 1. The lowest BCUT2D eigenvalue weighted by Gasteiger charge is -2.14. The Hall–Kier alpha value is -3.02. The molecule has 3 rings (SSSR count). The van der Waals surface area contributed by atoms with Crippen LogP contribution in [0.2, 0.25) is 0 Å². The van der Waals surface area contributed by atoms with Crippen LogP contribution >= 0.6 is 0 Å². The van der Waals surface area contributed by atoms with Crippen LogP contribution in [0.4, 0.5) is 0 Å². The van der Waals surface area contributed by atoms with Crippen LogP contribution in [0, 0.1) is 0 Å². The molecule has 0 amide bonds. The van der Waals surface area contributed by atoms with E-state index in [9.17, 15) is 4.79 Å². The minimum atomic E-state index is -0.217. The Labute approximate surface area is 132 Å². The molecule has 2 aromatic carbocycles. The molecule has 0 unspecified atom stereocenters. The van der Waals surface area contributed by atoms with E-state index in [0.29, 0.717) is 39.5 Å². The van der Waals surface area contributed by atoms with E-state index in [4.69, 9.17) is 14.2 Å². The maximum atomic E-state index is 12.3. The second kappa shape index (κ2) is 6.00. The van der Waals surface area contributed by atoms with Gasteiger partial charge in [0.15, 0.2) is 0 Å². The Kier molecular flexibility index (Phi) is 3.89. The van der Waals surface area contributed by atoms with Gasteiger partial charge in [0.05, 0.1) is 32.2 Å². The van der Waals surface area contributed by atoms with E-state index in [1.165, 1.54) is 14.2 Å². The number of methoxy groups -OCH3 is 3. The van der Waals surface area contributed by atoms with Gasteiger partial charge in [-0.1, -0.05) is 12.1 Å². The monoisotopic (exact) mass is 312 g/mol. The van der Waals surface area contributed by atoms with Crippen LogP contribution in [0.1, 0.15) is 0 Å². The fourth-order valence-electron chi connectivity index (χ4n) is 2.44. The van der Waals surface area contributed by atoms with Gasteiger partial charge in [-0.25, -0.2) is 4.98 Å². The Balaban J connectivity index is 2.31. The molecule has 1 heterocycles. The van der Waals surface area contributed by atoms with Crippen LogP contribution in [0.15, 0.2) is 41.2 Å². The van der Waals surface area contributed by atoms with Crippen LogP contribution < -0.4 is 19.8 Å². The van der Waals surface area contributed by atoms with E-state index in [1.807, 2.05) is 6.07 Å². The third kappa shape index (κ3) is 2.59. The van der Waals surface area contributed by atoms with Crippen molar-refractivity contribution >= 4 is 10.9 Å². The topological polar surface area (TPSA) is 73.4 Å². The molecular formula is C17H16N2O4. The molecule has 3 aromatic rings. The molecule has 0 aliphatic heterocycles. The molecule has 118 valence electrons. The van der Waals surface area contributed by atoms with Gasteiger partial charge in [0, 0.05) is 12.1 Å². The van der Waals surface area contributed by atoms with Crippen molar-refractivity contribution in [2.75, 3.05) is 21.3 Å². The molecule has 0 atom stereocenters. The van der Waals surface area contributed by atoms with E-state index >= 15 is 0 Å². The number of benzene rings is 2. The molecule has 0 spiro atoms. The molecule has 0 bridgehead atoms. The van der Waals surface area contributed by atoms with E-state index in [2.05, 4.69) is 9.97 Å². The van der Waals surface area contributed by atoms with Crippen LogP contribution in [-0.2, 0) is 0 Å². The second-order valence-corrected chi connectivity index (χ2v) is 4.84. The lowest BCUT2D eigenvalue weighted by atomic mass is 10.1. The van der Waals surface area contributed by atoms with Gasteiger partial charge in [0.25, 0.3) is 5.56 Å². The Morgan fingerprint density at radius 2 is 1.61 bits per heavy atom. The second-order valence-electron chi connectivity index (χ2n) is 4.84. The molecule has 0 fully saturated rings. The largest absolute Gasteiger partial charge is 0.496 e. The van der Waals surface area contributed by atoms with Gasteiger partial charge in [-0.3, -0.25) is 4.79 Å². The zero-order chi connectivity index (χ0) is 16.4. The predicted octanol–water partition coefficient (Wildman–Crippen LogP) is 2.62. The summed E-state index contributed by atoms with van der Waals surface area (Å²) in [7, 11) is 4.64. The van der Waals surface area contributed by atoms with Gasteiger partial charge < -0.3 is 19.2 Å². The SMILES string of the molecule is COc1cc(OC)c(-c2nc3ccccc3c(=O)[nH]2)c(OC)c1. The highest BCUT2D eigenvalue weighted by Gasteiger charge is 2.18. The fraction of sp³-hybridized carbons (Fsp3) is 0.176. The first-order chi connectivity index (χ1) is 11.2. The number of hydrogen-bond donors (Lipinski definition) is 1. The molecule has 0 radical (unpaired) electrons. The summed E-state index contributed by atoms with van der Waals surface area (Å²) in [6.07, 6.45) is 0. The van der Waals surface area contributed by atoms with Gasteiger partial charge in [0.1, 0.15) is 28.6 Å². The summed E-state index contributed by atoms with van der Waals surface area (Å²) < 4.78 is 16.1. The van der Waals surface area contributed by atoms with E-state index in [0.717, 1.165) is 0 Å². The highest BCUT2D eigenvalue weighted by Crippen LogP contribution is 2.40. The number of hydrogen-bond acceptors (Lipinski definition) is 5. The lowest BCUT2D eigenvalue weighted by molar-refractivity contribution is 0.377. The van der Waals surface area contributed by atoms with Crippen molar-refractivity contribution in [1.82, 2.24) is 9.97 Å². The third-order valence-corrected chi connectivity index (χ3v) is 3.56. The number of aromatic amines is 1. The average molecular weight is 312 g/mol. The number of ether oxygens (including phenoxy) is 3. The Morgan fingerprint density at radius 1 is 0.957 bits per heavy atom. The number of fused-ring (bicyclic) bond motifs is 1. The smallest absolute Gasteiger partial charge is 0.259 e. The molecule has 0 aliphatic rings. The third-order valence-electron chi connectivity index (χ3n) is 3.56. The van der Waals surface area contributed by atoms with Crippen LogP contribution in [0.5, 0.6) is 17.2 Å². The number of rotatable bonds is 4. The van der Waals surface area contributed by atoms with Gasteiger partial charge >= 0.3 is 0 Å². The lowest BCUT2D eigenvalue weighted by Crippen LogP contribution is -2.10. The standard InChI is InChI=1S/C17H16N2O4/c1-21-10-8-13(22-2)15(14(9-10)23-3)16-18-12-7-5-4-6-11(12)17(20)19-16/h4-9H,1-3H3,(H,18,19,20). The minimum Gasteiger partial charge on any atom is -0.496 e. The van der Waals surface area contributed by atoms with Crippen molar-refractivity contribution in [3.05, 3.63) is 46.8 Å². The van der Waals surface area contributed by atoms with E-state index in [-0.39, 0.29) is 5.56 Å². The van der Waals surface area contributed by atoms with Crippen molar-refractivity contribution in [3.8, 4) is 28.6 Å². The normalized spacial score (nSPS) is 10.6. The van der Waals surface area contributed by atoms with E-state index < -0.39 is 0 Å². The van der Waals surface area contributed by atoms with Gasteiger partial charge in [-0.05, 0) is 12.1 Å². The van der Waals surface area contributed by atoms with Crippen molar-refractivity contribution in [3.63, 3.8) is 0 Å². The fourth-order valence-corrected chi connectivity index (χ4v) is 2.44. The van der Waals surface area contributed by atoms with Crippen LogP contribution in [0.25, 0.3) is 22.3 Å². The molecule has 23 heavy (non-hydrogen) atoms. The Bertz CT molecular complexity index is 893. The van der Waals surface area contributed by atoms with Crippen molar-refractivity contribution in [1.29, 1.82) is 0 Å². The number of nitrogens with one attached hydrogen (secondary N) is 1. The number of aromatic nitrogens is 2. The molecular weight excluding hydrogens is 296 g/mol. The summed E-state index contributed by atoms with van der Waals surface area (Å²) in [6, 6.07) is 10.6.